The minimum atomic E-state index is -3.65. The molecule has 0 spiro atoms. The molecule has 0 radical (unpaired) electrons. The standard InChI is InChI=1S/C12H15Br2N3O3S/c1-7(18)16-9-2-3-17(6-9)21(19,20)12-10(13)4-8(15)5-11(12)14/h4-5,9H,2-3,6,15H2,1H3,(H,16,18). The highest BCUT2D eigenvalue weighted by Crippen LogP contribution is 2.35. The molecular formula is C12H15Br2N3O3S. The van der Waals surface area contributed by atoms with Crippen molar-refractivity contribution < 1.29 is 13.2 Å². The normalized spacial score (nSPS) is 19.7. The van der Waals surface area contributed by atoms with E-state index in [1.165, 1.54) is 11.2 Å². The van der Waals surface area contributed by atoms with Crippen molar-refractivity contribution >= 4 is 53.5 Å². The Kier molecular flexibility index (Phi) is 4.96. The van der Waals surface area contributed by atoms with Crippen LogP contribution < -0.4 is 11.1 Å². The van der Waals surface area contributed by atoms with E-state index in [1.807, 2.05) is 0 Å². The van der Waals surface area contributed by atoms with Gasteiger partial charge in [-0.15, -0.1) is 0 Å². The molecule has 1 amide bonds. The molecule has 1 fully saturated rings. The quantitative estimate of drug-likeness (QED) is 0.699. The number of nitrogen functional groups attached to an aromatic ring is 1. The Morgan fingerprint density at radius 2 is 1.95 bits per heavy atom. The lowest BCUT2D eigenvalue weighted by molar-refractivity contribution is -0.119. The number of sulfonamides is 1. The van der Waals surface area contributed by atoms with Gasteiger partial charge in [0.05, 0.1) is 0 Å². The molecular weight excluding hydrogens is 426 g/mol. The van der Waals surface area contributed by atoms with Gasteiger partial charge in [-0.05, 0) is 50.4 Å². The number of nitrogens with one attached hydrogen (secondary N) is 1. The van der Waals surface area contributed by atoms with Crippen LogP contribution in [0.25, 0.3) is 0 Å². The van der Waals surface area contributed by atoms with E-state index in [-0.39, 0.29) is 23.4 Å². The van der Waals surface area contributed by atoms with Crippen LogP contribution in [-0.4, -0.2) is 37.8 Å². The fourth-order valence-corrected chi connectivity index (χ4v) is 6.35. The Bertz CT molecular complexity index is 655. The fourth-order valence-electron chi connectivity index (χ4n) is 2.31. The third-order valence-electron chi connectivity index (χ3n) is 3.18. The Labute approximate surface area is 140 Å². The Balaban J connectivity index is 2.30. The molecule has 1 unspecified atom stereocenters. The van der Waals surface area contributed by atoms with E-state index in [0.29, 0.717) is 27.6 Å². The summed E-state index contributed by atoms with van der Waals surface area (Å²) >= 11 is 6.50. The highest BCUT2D eigenvalue weighted by molar-refractivity contribution is 9.11. The first-order chi connectivity index (χ1) is 9.71. The molecule has 1 heterocycles. The molecule has 1 aliphatic rings. The first kappa shape index (κ1) is 16.7. The van der Waals surface area contributed by atoms with Crippen molar-refractivity contribution in [2.24, 2.45) is 0 Å². The number of hydrogen-bond donors (Lipinski definition) is 2. The van der Waals surface area contributed by atoms with Gasteiger partial charge in [0.25, 0.3) is 0 Å². The number of hydrogen-bond acceptors (Lipinski definition) is 4. The number of halogens is 2. The van der Waals surface area contributed by atoms with Crippen molar-refractivity contribution in [1.29, 1.82) is 0 Å². The summed E-state index contributed by atoms with van der Waals surface area (Å²) in [5.74, 6) is -0.158. The molecule has 1 aromatic carbocycles. The molecule has 21 heavy (non-hydrogen) atoms. The maximum atomic E-state index is 12.7. The van der Waals surface area contributed by atoms with Gasteiger partial charge < -0.3 is 11.1 Å². The lowest BCUT2D eigenvalue weighted by Gasteiger charge is -2.19. The van der Waals surface area contributed by atoms with Crippen molar-refractivity contribution in [2.45, 2.75) is 24.3 Å². The van der Waals surface area contributed by atoms with Gasteiger partial charge in [0.15, 0.2) is 0 Å². The molecule has 116 valence electrons. The van der Waals surface area contributed by atoms with Crippen LogP contribution in [0.2, 0.25) is 0 Å². The third kappa shape index (κ3) is 3.58. The van der Waals surface area contributed by atoms with Crippen molar-refractivity contribution in [2.75, 3.05) is 18.8 Å². The van der Waals surface area contributed by atoms with Gasteiger partial charge in [-0.1, -0.05) is 0 Å². The average molecular weight is 441 g/mol. The Morgan fingerprint density at radius 3 is 2.48 bits per heavy atom. The van der Waals surface area contributed by atoms with Crippen molar-refractivity contribution in [3.8, 4) is 0 Å². The number of anilines is 1. The van der Waals surface area contributed by atoms with Crippen LogP contribution in [0.15, 0.2) is 26.0 Å². The second-order valence-corrected chi connectivity index (χ2v) is 8.45. The van der Waals surface area contributed by atoms with Crippen LogP contribution in [0.4, 0.5) is 5.69 Å². The summed E-state index contributed by atoms with van der Waals surface area (Å²) in [6.07, 6.45) is 0.600. The first-order valence-corrected chi connectivity index (χ1v) is 9.26. The first-order valence-electron chi connectivity index (χ1n) is 6.23. The van der Waals surface area contributed by atoms with Crippen LogP contribution >= 0.6 is 31.9 Å². The van der Waals surface area contributed by atoms with E-state index in [2.05, 4.69) is 37.2 Å². The van der Waals surface area contributed by atoms with Gasteiger partial charge in [-0.25, -0.2) is 8.42 Å². The summed E-state index contributed by atoms with van der Waals surface area (Å²) in [5, 5.41) is 2.75. The second-order valence-electron chi connectivity index (χ2n) is 4.86. The molecule has 9 heteroatoms. The zero-order valence-electron chi connectivity index (χ0n) is 11.3. The maximum Gasteiger partial charge on any atom is 0.245 e. The molecule has 1 saturated heterocycles. The lowest BCUT2D eigenvalue weighted by Crippen LogP contribution is -2.37. The fraction of sp³-hybridized carbons (Fsp3) is 0.417. The van der Waals surface area contributed by atoms with Gasteiger partial charge in [0.2, 0.25) is 15.9 Å². The van der Waals surface area contributed by atoms with Crippen LogP contribution in [0.5, 0.6) is 0 Å². The van der Waals surface area contributed by atoms with Crippen LogP contribution in [0.1, 0.15) is 13.3 Å². The summed E-state index contributed by atoms with van der Waals surface area (Å²) in [4.78, 5) is 11.2. The number of nitrogens with zero attached hydrogens (tertiary/aromatic N) is 1. The molecule has 0 bridgehead atoms. The van der Waals surface area contributed by atoms with E-state index in [4.69, 9.17) is 5.73 Å². The lowest BCUT2D eigenvalue weighted by atomic mass is 10.3. The van der Waals surface area contributed by atoms with Gasteiger partial charge in [-0.2, -0.15) is 4.31 Å². The summed E-state index contributed by atoms with van der Waals surface area (Å²) in [7, 11) is -3.65. The summed E-state index contributed by atoms with van der Waals surface area (Å²) in [5.41, 5.74) is 6.15. The summed E-state index contributed by atoms with van der Waals surface area (Å²) < 4.78 is 27.7. The SMILES string of the molecule is CC(=O)NC1CCN(S(=O)(=O)c2c(Br)cc(N)cc2Br)C1. The third-order valence-corrected chi connectivity index (χ3v) is 6.92. The van der Waals surface area contributed by atoms with Crippen LogP contribution in [-0.2, 0) is 14.8 Å². The van der Waals surface area contributed by atoms with Crippen molar-refractivity contribution in [3.63, 3.8) is 0 Å². The van der Waals surface area contributed by atoms with E-state index >= 15 is 0 Å². The van der Waals surface area contributed by atoms with Crippen molar-refractivity contribution in [3.05, 3.63) is 21.1 Å². The van der Waals surface area contributed by atoms with E-state index in [1.54, 1.807) is 12.1 Å². The molecule has 6 nitrogen and oxygen atoms in total. The predicted octanol–water partition coefficient (Wildman–Crippen LogP) is 1.69. The van der Waals surface area contributed by atoms with Gasteiger partial charge in [-0.3, -0.25) is 4.79 Å². The number of rotatable bonds is 3. The van der Waals surface area contributed by atoms with Crippen LogP contribution in [0.3, 0.4) is 0 Å². The number of benzene rings is 1. The topological polar surface area (TPSA) is 92.5 Å². The predicted molar refractivity (Wildman–Crippen MR) is 87.2 cm³/mol. The van der Waals surface area contributed by atoms with Crippen molar-refractivity contribution in [1.82, 2.24) is 9.62 Å². The van der Waals surface area contributed by atoms with Crippen LogP contribution in [0, 0.1) is 0 Å². The molecule has 0 saturated carbocycles. The largest absolute Gasteiger partial charge is 0.399 e. The van der Waals surface area contributed by atoms with E-state index in [0.717, 1.165) is 0 Å². The highest BCUT2D eigenvalue weighted by Gasteiger charge is 2.35. The van der Waals surface area contributed by atoms with E-state index in [9.17, 15) is 13.2 Å². The molecule has 1 aliphatic heterocycles. The molecule has 1 atom stereocenters. The number of carbonyl (C=O) groups is 1. The summed E-state index contributed by atoms with van der Waals surface area (Å²) in [6, 6.07) is 2.96. The Hall–Kier alpha value is -0.640. The number of carbonyl (C=O) groups excluding carboxylic acids is 1. The molecule has 3 N–H and O–H groups in total. The minimum absolute atomic E-state index is 0.149. The van der Waals surface area contributed by atoms with Gasteiger partial charge >= 0.3 is 0 Å². The number of nitrogens with two attached hydrogens (primary N) is 1. The summed E-state index contributed by atoms with van der Waals surface area (Å²) in [6.45, 7) is 2.06. The average Bonchev–Trinajstić information content (AvgIpc) is 2.75. The minimum Gasteiger partial charge on any atom is -0.399 e. The Morgan fingerprint density at radius 1 is 1.38 bits per heavy atom. The number of amides is 1. The smallest absolute Gasteiger partial charge is 0.245 e. The molecule has 2 rings (SSSR count). The van der Waals surface area contributed by atoms with Gasteiger partial charge in [0, 0.05) is 40.7 Å². The molecule has 1 aromatic rings. The molecule has 0 aliphatic carbocycles. The highest BCUT2D eigenvalue weighted by atomic mass is 79.9. The zero-order chi connectivity index (χ0) is 15.8. The second kappa shape index (κ2) is 6.23. The maximum absolute atomic E-state index is 12.7. The van der Waals surface area contributed by atoms with Gasteiger partial charge in [0.1, 0.15) is 4.90 Å². The monoisotopic (exact) mass is 439 g/mol. The zero-order valence-corrected chi connectivity index (χ0v) is 15.3. The molecule has 0 aromatic heterocycles. The van der Waals surface area contributed by atoms with E-state index < -0.39 is 10.0 Å².